The average Bonchev–Trinajstić information content (AvgIpc) is 3.03. The first-order valence-electron chi connectivity index (χ1n) is 9.54. The zero-order chi connectivity index (χ0) is 21.1. The highest BCUT2D eigenvalue weighted by atomic mass is 16.3. The molecule has 0 saturated carbocycles. The molecule has 1 aliphatic heterocycles. The standard InChI is InChI=1S/C21H30N4O3/c1-13(15-8-6-14(11-22)7-9-15)24-19(27)17-10-16(26)12-25(17)20(28)18(23-5)21(2,3)4/h6-9,13,16-18,23,26H,10,12H2,1-5H3,(H,24,27)/t13-,16+,17-,18+/m0/s1. The molecule has 7 heteroatoms. The van der Waals surface area contributed by atoms with Gasteiger partial charge >= 0.3 is 0 Å². The summed E-state index contributed by atoms with van der Waals surface area (Å²) in [6.07, 6.45) is -0.500. The predicted octanol–water partition coefficient (Wildman–Crippen LogP) is 1.33. The molecule has 1 aromatic carbocycles. The van der Waals surface area contributed by atoms with Gasteiger partial charge in [-0.3, -0.25) is 9.59 Å². The number of nitrogens with zero attached hydrogens (tertiary/aromatic N) is 2. The SMILES string of the molecule is CN[C@H](C(=O)N1C[C@H](O)C[C@H]1C(=O)N[C@@H](C)c1ccc(C#N)cc1)C(C)(C)C. The highest BCUT2D eigenvalue weighted by molar-refractivity contribution is 5.91. The number of likely N-dealkylation sites (N-methyl/N-ethyl adjacent to an activating group) is 1. The summed E-state index contributed by atoms with van der Waals surface area (Å²) in [5, 5.41) is 25.0. The molecule has 0 bridgehead atoms. The van der Waals surface area contributed by atoms with Crippen molar-refractivity contribution in [3.63, 3.8) is 0 Å². The van der Waals surface area contributed by atoms with Gasteiger partial charge in [0.25, 0.3) is 0 Å². The molecule has 2 amide bonds. The molecule has 0 aromatic heterocycles. The number of rotatable bonds is 5. The maximum Gasteiger partial charge on any atom is 0.243 e. The highest BCUT2D eigenvalue weighted by Gasteiger charge is 2.43. The first-order valence-corrected chi connectivity index (χ1v) is 9.54. The van der Waals surface area contributed by atoms with E-state index in [-0.39, 0.29) is 36.2 Å². The zero-order valence-corrected chi connectivity index (χ0v) is 17.2. The fraction of sp³-hybridized carbons (Fsp3) is 0.571. The molecule has 4 atom stereocenters. The third-order valence-electron chi connectivity index (χ3n) is 5.16. The molecule has 152 valence electrons. The summed E-state index contributed by atoms with van der Waals surface area (Å²) in [6.45, 7) is 7.88. The molecule has 1 saturated heterocycles. The van der Waals surface area contributed by atoms with E-state index in [9.17, 15) is 14.7 Å². The van der Waals surface area contributed by atoms with E-state index in [1.54, 1.807) is 31.3 Å². The molecule has 0 unspecified atom stereocenters. The lowest BCUT2D eigenvalue weighted by atomic mass is 9.86. The maximum absolute atomic E-state index is 13.1. The number of hydrogen-bond donors (Lipinski definition) is 3. The summed E-state index contributed by atoms with van der Waals surface area (Å²) in [5.41, 5.74) is 1.10. The van der Waals surface area contributed by atoms with Gasteiger partial charge in [0, 0.05) is 13.0 Å². The molecule has 1 aliphatic rings. The van der Waals surface area contributed by atoms with Crippen LogP contribution in [0.3, 0.4) is 0 Å². The lowest BCUT2D eigenvalue weighted by Crippen LogP contribution is -2.56. The van der Waals surface area contributed by atoms with Crippen LogP contribution in [0.4, 0.5) is 0 Å². The number of carbonyl (C=O) groups excluding carboxylic acids is 2. The number of aliphatic hydroxyl groups is 1. The van der Waals surface area contributed by atoms with Crippen molar-refractivity contribution in [3.8, 4) is 6.07 Å². The minimum atomic E-state index is -0.720. The smallest absolute Gasteiger partial charge is 0.243 e. The topological polar surface area (TPSA) is 105 Å². The van der Waals surface area contributed by atoms with E-state index in [0.717, 1.165) is 5.56 Å². The summed E-state index contributed by atoms with van der Waals surface area (Å²) in [6, 6.07) is 7.62. The Hall–Kier alpha value is -2.43. The Labute approximate surface area is 166 Å². The number of aliphatic hydroxyl groups excluding tert-OH is 1. The molecule has 28 heavy (non-hydrogen) atoms. The monoisotopic (exact) mass is 386 g/mol. The fourth-order valence-electron chi connectivity index (χ4n) is 3.64. The van der Waals surface area contributed by atoms with E-state index in [2.05, 4.69) is 16.7 Å². The van der Waals surface area contributed by atoms with Crippen molar-refractivity contribution in [3.05, 3.63) is 35.4 Å². The van der Waals surface area contributed by atoms with Crippen LogP contribution in [-0.2, 0) is 9.59 Å². The minimum Gasteiger partial charge on any atom is -0.391 e. The van der Waals surface area contributed by atoms with Crippen LogP contribution in [0.1, 0.15) is 51.3 Å². The number of β-amino-alcohol motifs (C(OH)–C–C–N with tert-alkyl or cyclic N) is 1. The van der Waals surface area contributed by atoms with Gasteiger partial charge in [0.05, 0.1) is 29.8 Å². The minimum absolute atomic E-state index is 0.149. The normalized spacial score (nSPS) is 21.7. The predicted molar refractivity (Wildman–Crippen MR) is 106 cm³/mol. The summed E-state index contributed by atoms with van der Waals surface area (Å²) in [5.74, 6) is -0.469. The molecule has 3 N–H and O–H groups in total. The van der Waals surface area contributed by atoms with Crippen LogP contribution in [-0.4, -0.2) is 53.6 Å². The van der Waals surface area contributed by atoms with Gasteiger partial charge in [-0.15, -0.1) is 0 Å². The van der Waals surface area contributed by atoms with E-state index in [0.29, 0.717) is 5.56 Å². The van der Waals surface area contributed by atoms with Crippen molar-refractivity contribution >= 4 is 11.8 Å². The molecular formula is C21H30N4O3. The molecule has 2 rings (SSSR count). The van der Waals surface area contributed by atoms with Gasteiger partial charge in [0.1, 0.15) is 6.04 Å². The first kappa shape index (κ1) is 21.9. The number of benzene rings is 1. The number of nitrogens with one attached hydrogen (secondary N) is 2. The number of hydrogen-bond acceptors (Lipinski definition) is 5. The van der Waals surface area contributed by atoms with Crippen molar-refractivity contribution < 1.29 is 14.7 Å². The van der Waals surface area contributed by atoms with Crippen LogP contribution in [0.25, 0.3) is 0 Å². The van der Waals surface area contributed by atoms with Gasteiger partial charge in [-0.1, -0.05) is 32.9 Å². The fourth-order valence-corrected chi connectivity index (χ4v) is 3.64. The average molecular weight is 386 g/mol. The van der Waals surface area contributed by atoms with Gasteiger partial charge < -0.3 is 20.6 Å². The molecule has 0 aliphatic carbocycles. The van der Waals surface area contributed by atoms with Gasteiger partial charge in [0.2, 0.25) is 11.8 Å². The lowest BCUT2D eigenvalue weighted by molar-refractivity contribution is -0.142. The molecule has 1 fully saturated rings. The van der Waals surface area contributed by atoms with E-state index in [1.165, 1.54) is 4.90 Å². The molecule has 0 spiro atoms. The zero-order valence-electron chi connectivity index (χ0n) is 17.2. The number of carbonyl (C=O) groups is 2. The summed E-state index contributed by atoms with van der Waals surface area (Å²) in [7, 11) is 1.72. The summed E-state index contributed by atoms with van der Waals surface area (Å²) < 4.78 is 0. The Kier molecular flexibility index (Phi) is 6.81. The third kappa shape index (κ3) is 4.89. The quantitative estimate of drug-likeness (QED) is 0.708. The number of likely N-dealkylation sites (tertiary alicyclic amines) is 1. The first-order chi connectivity index (χ1) is 13.1. The Morgan fingerprint density at radius 3 is 2.39 bits per heavy atom. The Morgan fingerprint density at radius 1 is 1.29 bits per heavy atom. The lowest BCUT2D eigenvalue weighted by Gasteiger charge is -2.34. The van der Waals surface area contributed by atoms with Gasteiger partial charge in [0.15, 0.2) is 0 Å². The maximum atomic E-state index is 13.1. The highest BCUT2D eigenvalue weighted by Crippen LogP contribution is 2.26. The second kappa shape index (κ2) is 8.72. The molecule has 1 heterocycles. The second-order valence-electron chi connectivity index (χ2n) is 8.45. The Morgan fingerprint density at radius 2 is 1.89 bits per heavy atom. The summed E-state index contributed by atoms with van der Waals surface area (Å²) in [4.78, 5) is 27.4. The largest absolute Gasteiger partial charge is 0.391 e. The summed E-state index contributed by atoms with van der Waals surface area (Å²) >= 11 is 0. The van der Waals surface area contributed by atoms with Crippen molar-refractivity contribution in [2.24, 2.45) is 5.41 Å². The van der Waals surface area contributed by atoms with Gasteiger partial charge in [-0.2, -0.15) is 5.26 Å². The van der Waals surface area contributed by atoms with Crippen LogP contribution in [0.5, 0.6) is 0 Å². The van der Waals surface area contributed by atoms with E-state index >= 15 is 0 Å². The van der Waals surface area contributed by atoms with Crippen LogP contribution >= 0.6 is 0 Å². The molecule has 1 aromatic rings. The van der Waals surface area contributed by atoms with Gasteiger partial charge in [-0.25, -0.2) is 0 Å². The second-order valence-corrected chi connectivity index (χ2v) is 8.45. The van der Waals surface area contributed by atoms with Crippen molar-refractivity contribution in [1.82, 2.24) is 15.5 Å². The third-order valence-corrected chi connectivity index (χ3v) is 5.16. The Bertz CT molecular complexity index is 748. The van der Waals surface area contributed by atoms with Crippen LogP contribution in [0.2, 0.25) is 0 Å². The molecular weight excluding hydrogens is 356 g/mol. The molecule has 7 nitrogen and oxygen atoms in total. The van der Waals surface area contributed by atoms with E-state index in [1.807, 2.05) is 27.7 Å². The number of amides is 2. The van der Waals surface area contributed by atoms with Crippen molar-refractivity contribution in [2.75, 3.05) is 13.6 Å². The van der Waals surface area contributed by atoms with E-state index < -0.39 is 18.2 Å². The number of nitriles is 1. The van der Waals surface area contributed by atoms with Crippen LogP contribution < -0.4 is 10.6 Å². The van der Waals surface area contributed by atoms with Crippen LogP contribution in [0.15, 0.2) is 24.3 Å². The van der Waals surface area contributed by atoms with E-state index in [4.69, 9.17) is 5.26 Å². The molecule has 0 radical (unpaired) electrons. The van der Waals surface area contributed by atoms with Crippen molar-refractivity contribution in [2.45, 2.75) is 58.3 Å². The van der Waals surface area contributed by atoms with Crippen molar-refractivity contribution in [1.29, 1.82) is 5.26 Å². The van der Waals surface area contributed by atoms with Gasteiger partial charge in [-0.05, 0) is 37.1 Å². The Balaban J connectivity index is 2.13. The van der Waals surface area contributed by atoms with Crippen LogP contribution in [0, 0.1) is 16.7 Å².